The van der Waals surface area contributed by atoms with E-state index in [9.17, 15) is 0 Å². The predicted molar refractivity (Wildman–Crippen MR) is 78.4 cm³/mol. The third kappa shape index (κ3) is 3.74. The van der Waals surface area contributed by atoms with E-state index in [2.05, 4.69) is 45.1 Å². The Morgan fingerprint density at radius 1 is 1.22 bits per heavy atom. The van der Waals surface area contributed by atoms with Gasteiger partial charge in [0, 0.05) is 0 Å². The molecule has 2 nitrogen and oxygen atoms in total. The van der Waals surface area contributed by atoms with Crippen LogP contribution in [0.3, 0.4) is 0 Å². The maximum absolute atomic E-state index is 5.55. The molecule has 0 spiro atoms. The first-order valence-corrected chi connectivity index (χ1v) is 6.78. The molecule has 0 bridgehead atoms. The second-order valence-corrected chi connectivity index (χ2v) is 5.53. The largest absolute Gasteiger partial charge is 0.496 e. The van der Waals surface area contributed by atoms with Crippen LogP contribution in [0.2, 0.25) is 0 Å². The number of rotatable bonds is 6. The van der Waals surface area contributed by atoms with E-state index in [4.69, 9.17) is 4.74 Å². The summed E-state index contributed by atoms with van der Waals surface area (Å²) >= 11 is 0. The third-order valence-electron chi connectivity index (χ3n) is 3.67. The molecule has 0 aromatic heterocycles. The van der Waals surface area contributed by atoms with Crippen molar-refractivity contribution >= 4 is 0 Å². The minimum absolute atomic E-state index is 0.644. The van der Waals surface area contributed by atoms with E-state index in [0.717, 1.165) is 18.7 Å². The maximum Gasteiger partial charge on any atom is 0.122 e. The van der Waals surface area contributed by atoms with Crippen LogP contribution in [0.25, 0.3) is 0 Å². The van der Waals surface area contributed by atoms with E-state index in [0.29, 0.717) is 11.8 Å². The van der Waals surface area contributed by atoms with E-state index < -0.39 is 0 Å². The summed E-state index contributed by atoms with van der Waals surface area (Å²) in [6.07, 6.45) is 1.08. The highest BCUT2D eigenvalue weighted by molar-refractivity contribution is 5.43. The molecule has 0 aliphatic heterocycles. The predicted octanol–water partition coefficient (Wildman–Crippen LogP) is 3.35. The average molecular weight is 249 g/mol. The summed E-state index contributed by atoms with van der Waals surface area (Å²) in [7, 11) is 3.79. The number of methoxy groups -OCH3 is 1. The Labute approximate surface area is 112 Å². The summed E-state index contributed by atoms with van der Waals surface area (Å²) in [6, 6.07) is 4.38. The van der Waals surface area contributed by atoms with E-state index in [1.807, 2.05) is 7.05 Å². The van der Waals surface area contributed by atoms with Crippen molar-refractivity contribution in [1.29, 1.82) is 0 Å². The lowest BCUT2D eigenvalue weighted by atomic mass is 9.87. The van der Waals surface area contributed by atoms with Gasteiger partial charge in [-0.1, -0.05) is 19.9 Å². The van der Waals surface area contributed by atoms with E-state index in [1.54, 1.807) is 7.11 Å². The molecule has 1 aromatic rings. The zero-order valence-electron chi connectivity index (χ0n) is 12.6. The number of aryl methyl sites for hydroxylation is 2. The highest BCUT2D eigenvalue weighted by Crippen LogP contribution is 2.28. The van der Waals surface area contributed by atoms with Crippen LogP contribution in [-0.4, -0.2) is 20.7 Å². The monoisotopic (exact) mass is 249 g/mol. The van der Waals surface area contributed by atoms with Gasteiger partial charge in [0.15, 0.2) is 0 Å². The van der Waals surface area contributed by atoms with Gasteiger partial charge in [0.1, 0.15) is 5.75 Å². The fourth-order valence-electron chi connectivity index (χ4n) is 2.47. The minimum atomic E-state index is 0.644. The first kappa shape index (κ1) is 15.0. The highest BCUT2D eigenvalue weighted by Gasteiger charge is 2.17. The van der Waals surface area contributed by atoms with Crippen LogP contribution in [0.1, 0.15) is 30.5 Å². The van der Waals surface area contributed by atoms with Crippen molar-refractivity contribution < 1.29 is 4.74 Å². The second-order valence-electron chi connectivity index (χ2n) is 5.53. The van der Waals surface area contributed by atoms with Crippen molar-refractivity contribution in [3.63, 3.8) is 0 Å². The van der Waals surface area contributed by atoms with E-state index in [1.165, 1.54) is 16.7 Å². The van der Waals surface area contributed by atoms with Gasteiger partial charge in [-0.15, -0.1) is 0 Å². The topological polar surface area (TPSA) is 21.3 Å². The lowest BCUT2D eigenvalue weighted by Crippen LogP contribution is -2.25. The van der Waals surface area contributed by atoms with Crippen LogP contribution < -0.4 is 10.1 Å². The van der Waals surface area contributed by atoms with Crippen LogP contribution in [0.4, 0.5) is 0 Å². The van der Waals surface area contributed by atoms with Gasteiger partial charge in [-0.05, 0) is 68.5 Å². The standard InChI is InChI=1S/C16H27NO/c1-11(2)14(10-17-5)9-15-13(4)7-12(3)8-16(15)18-6/h7-8,11,14,17H,9-10H2,1-6H3. The van der Waals surface area contributed by atoms with Crippen LogP contribution in [-0.2, 0) is 6.42 Å². The van der Waals surface area contributed by atoms with Crippen LogP contribution in [0.5, 0.6) is 5.75 Å². The normalized spacial score (nSPS) is 12.8. The van der Waals surface area contributed by atoms with Crippen molar-refractivity contribution in [3.05, 3.63) is 28.8 Å². The van der Waals surface area contributed by atoms with Gasteiger partial charge < -0.3 is 10.1 Å². The molecule has 0 saturated carbocycles. The van der Waals surface area contributed by atoms with Gasteiger partial charge in [-0.2, -0.15) is 0 Å². The summed E-state index contributed by atoms with van der Waals surface area (Å²) in [5.41, 5.74) is 3.97. The van der Waals surface area contributed by atoms with Gasteiger partial charge in [0.25, 0.3) is 0 Å². The second kappa shape index (κ2) is 6.79. The third-order valence-corrected chi connectivity index (χ3v) is 3.67. The SMILES string of the molecule is CNCC(Cc1c(C)cc(C)cc1OC)C(C)C. The Hall–Kier alpha value is -1.02. The number of hydrogen-bond donors (Lipinski definition) is 1. The van der Waals surface area contributed by atoms with Gasteiger partial charge in [0.2, 0.25) is 0 Å². The summed E-state index contributed by atoms with van der Waals surface area (Å²) in [4.78, 5) is 0. The van der Waals surface area contributed by atoms with Crippen molar-refractivity contribution in [2.75, 3.05) is 20.7 Å². The lowest BCUT2D eigenvalue weighted by molar-refractivity contribution is 0.357. The van der Waals surface area contributed by atoms with Crippen molar-refractivity contribution in [3.8, 4) is 5.75 Å². The quantitative estimate of drug-likeness (QED) is 0.835. The van der Waals surface area contributed by atoms with Crippen molar-refractivity contribution in [1.82, 2.24) is 5.32 Å². The van der Waals surface area contributed by atoms with Gasteiger partial charge >= 0.3 is 0 Å². The molecule has 1 rings (SSSR count). The highest BCUT2D eigenvalue weighted by atomic mass is 16.5. The first-order chi connectivity index (χ1) is 8.49. The number of hydrogen-bond acceptors (Lipinski definition) is 2. The van der Waals surface area contributed by atoms with E-state index >= 15 is 0 Å². The average Bonchev–Trinajstić information content (AvgIpc) is 2.30. The van der Waals surface area contributed by atoms with Gasteiger partial charge in [0.05, 0.1) is 7.11 Å². The molecule has 0 aliphatic rings. The molecule has 0 heterocycles. The molecule has 102 valence electrons. The molecule has 0 fully saturated rings. The van der Waals surface area contributed by atoms with Crippen LogP contribution in [0, 0.1) is 25.7 Å². The van der Waals surface area contributed by atoms with Crippen LogP contribution >= 0.6 is 0 Å². The fraction of sp³-hybridized carbons (Fsp3) is 0.625. The molecule has 0 amide bonds. The molecule has 1 atom stereocenters. The summed E-state index contributed by atoms with van der Waals surface area (Å²) in [5, 5.41) is 3.30. The smallest absolute Gasteiger partial charge is 0.122 e. The molecule has 2 heteroatoms. The van der Waals surface area contributed by atoms with E-state index in [-0.39, 0.29) is 0 Å². The van der Waals surface area contributed by atoms with Crippen LogP contribution in [0.15, 0.2) is 12.1 Å². The molecular weight excluding hydrogens is 222 g/mol. The Morgan fingerprint density at radius 3 is 2.39 bits per heavy atom. The Balaban J connectivity index is 3.01. The van der Waals surface area contributed by atoms with Gasteiger partial charge in [-0.3, -0.25) is 0 Å². The summed E-state index contributed by atoms with van der Waals surface area (Å²) < 4.78 is 5.55. The molecule has 0 saturated heterocycles. The Kier molecular flexibility index (Phi) is 5.67. The number of ether oxygens (including phenoxy) is 1. The molecule has 1 aromatic carbocycles. The number of nitrogens with one attached hydrogen (secondary N) is 1. The van der Waals surface area contributed by atoms with Gasteiger partial charge in [-0.25, -0.2) is 0 Å². The summed E-state index contributed by atoms with van der Waals surface area (Å²) in [6.45, 7) is 9.93. The molecule has 0 radical (unpaired) electrons. The maximum atomic E-state index is 5.55. The Morgan fingerprint density at radius 2 is 1.89 bits per heavy atom. The molecule has 0 aliphatic carbocycles. The first-order valence-electron chi connectivity index (χ1n) is 6.78. The zero-order chi connectivity index (χ0) is 13.7. The molecular formula is C16H27NO. The fourth-order valence-corrected chi connectivity index (χ4v) is 2.47. The lowest BCUT2D eigenvalue weighted by Gasteiger charge is -2.23. The summed E-state index contributed by atoms with van der Waals surface area (Å²) in [5.74, 6) is 2.35. The minimum Gasteiger partial charge on any atom is -0.496 e. The zero-order valence-corrected chi connectivity index (χ0v) is 12.6. The Bertz CT molecular complexity index is 385. The molecule has 1 N–H and O–H groups in total. The molecule has 1 unspecified atom stereocenters. The molecule has 18 heavy (non-hydrogen) atoms. The van der Waals surface area contributed by atoms with Crippen molar-refractivity contribution in [2.24, 2.45) is 11.8 Å². The number of benzene rings is 1. The van der Waals surface area contributed by atoms with Crippen molar-refractivity contribution in [2.45, 2.75) is 34.1 Å².